The lowest BCUT2D eigenvalue weighted by molar-refractivity contribution is 0.413. The van der Waals surface area contributed by atoms with Gasteiger partial charge in [-0.25, -0.2) is 0 Å². The highest BCUT2D eigenvalue weighted by molar-refractivity contribution is 9.10. The molecule has 0 saturated heterocycles. The molecule has 2 rings (SSSR count). The van der Waals surface area contributed by atoms with Crippen LogP contribution in [0.1, 0.15) is 29.7 Å². The number of halogens is 2. The molecule has 0 aliphatic rings. The normalized spacial score (nSPS) is 12.1. The maximum Gasteiger partial charge on any atom is 0.156 e. The van der Waals surface area contributed by atoms with Gasteiger partial charge in [-0.2, -0.15) is 0 Å². The summed E-state index contributed by atoms with van der Waals surface area (Å²) in [6.45, 7) is 6.37. The summed E-state index contributed by atoms with van der Waals surface area (Å²) >= 11 is 9.60. The molecule has 1 N–H and O–H groups in total. The summed E-state index contributed by atoms with van der Waals surface area (Å²) < 4.78 is 6.28. The van der Waals surface area contributed by atoms with E-state index in [0.29, 0.717) is 5.02 Å². The van der Waals surface area contributed by atoms with Crippen molar-refractivity contribution in [1.82, 2.24) is 0 Å². The van der Waals surface area contributed by atoms with Gasteiger partial charge in [0, 0.05) is 11.1 Å². The van der Waals surface area contributed by atoms with Gasteiger partial charge in [-0.3, -0.25) is 0 Å². The fourth-order valence-electron chi connectivity index (χ4n) is 2.23. The minimum Gasteiger partial charge on any atom is -0.493 e. The quantitative estimate of drug-likeness (QED) is 0.725. The molecule has 2 aromatic rings. The van der Waals surface area contributed by atoms with Crippen LogP contribution in [-0.2, 0) is 0 Å². The molecule has 0 fully saturated rings. The van der Waals surface area contributed by atoms with Crippen LogP contribution in [0, 0.1) is 13.8 Å². The first-order valence-electron chi connectivity index (χ1n) is 6.79. The van der Waals surface area contributed by atoms with Crippen molar-refractivity contribution in [3.63, 3.8) is 0 Å². The zero-order chi connectivity index (χ0) is 15.6. The summed E-state index contributed by atoms with van der Waals surface area (Å²) in [5.74, 6) is 0.759. The van der Waals surface area contributed by atoms with Crippen molar-refractivity contribution in [2.24, 2.45) is 0 Å². The van der Waals surface area contributed by atoms with E-state index in [1.807, 2.05) is 12.1 Å². The number of ether oxygens (including phenoxy) is 1. The molecule has 0 aliphatic carbocycles. The van der Waals surface area contributed by atoms with E-state index >= 15 is 0 Å². The molecule has 112 valence electrons. The van der Waals surface area contributed by atoms with E-state index in [2.05, 4.69) is 60.2 Å². The Bertz CT molecular complexity index is 657. The Balaban J connectivity index is 2.30. The van der Waals surface area contributed by atoms with Crippen LogP contribution in [0.3, 0.4) is 0 Å². The summed E-state index contributed by atoms with van der Waals surface area (Å²) in [4.78, 5) is 0. The monoisotopic (exact) mass is 367 g/mol. The predicted octanol–water partition coefficient (Wildman–Crippen LogP) is 5.90. The van der Waals surface area contributed by atoms with Gasteiger partial charge in [-0.05, 0) is 65.5 Å². The third-order valence-electron chi connectivity index (χ3n) is 3.62. The molecule has 2 aromatic carbocycles. The fraction of sp³-hybridized carbons (Fsp3) is 0.294. The Labute approximate surface area is 139 Å². The Morgan fingerprint density at radius 3 is 2.48 bits per heavy atom. The number of anilines is 1. The first kappa shape index (κ1) is 16.2. The maximum atomic E-state index is 6.13. The standard InChI is InChI=1S/C17H19BrClNO/c1-10-5-6-13(7-11(10)2)12(3)20-16-9-14(19)8-15(18)17(16)21-4/h5-9,12,20H,1-4H3. The zero-order valence-electron chi connectivity index (χ0n) is 12.6. The van der Waals surface area contributed by atoms with Crippen LogP contribution in [0.5, 0.6) is 5.75 Å². The van der Waals surface area contributed by atoms with E-state index in [0.717, 1.165) is 15.9 Å². The van der Waals surface area contributed by atoms with Crippen LogP contribution in [-0.4, -0.2) is 7.11 Å². The molecule has 0 amide bonds. The summed E-state index contributed by atoms with van der Waals surface area (Å²) in [7, 11) is 1.65. The van der Waals surface area contributed by atoms with Gasteiger partial charge in [0.15, 0.2) is 5.75 Å². The van der Waals surface area contributed by atoms with Crippen molar-refractivity contribution >= 4 is 33.2 Å². The molecule has 0 aliphatic heterocycles. The first-order valence-corrected chi connectivity index (χ1v) is 7.96. The van der Waals surface area contributed by atoms with Crippen LogP contribution >= 0.6 is 27.5 Å². The molecule has 0 heterocycles. The number of rotatable bonds is 4. The Morgan fingerprint density at radius 1 is 1.14 bits per heavy atom. The van der Waals surface area contributed by atoms with Gasteiger partial charge in [-0.1, -0.05) is 29.8 Å². The molecule has 0 bridgehead atoms. The van der Waals surface area contributed by atoms with E-state index < -0.39 is 0 Å². The zero-order valence-corrected chi connectivity index (χ0v) is 15.0. The lowest BCUT2D eigenvalue weighted by Crippen LogP contribution is -2.08. The largest absolute Gasteiger partial charge is 0.493 e. The predicted molar refractivity (Wildman–Crippen MR) is 93.7 cm³/mol. The second-order valence-corrected chi connectivity index (χ2v) is 6.47. The number of hydrogen-bond donors (Lipinski definition) is 1. The molecule has 21 heavy (non-hydrogen) atoms. The van der Waals surface area contributed by atoms with Crippen molar-refractivity contribution in [2.75, 3.05) is 12.4 Å². The van der Waals surface area contributed by atoms with E-state index in [1.54, 1.807) is 7.11 Å². The fourth-order valence-corrected chi connectivity index (χ4v) is 3.20. The highest BCUT2D eigenvalue weighted by Crippen LogP contribution is 2.38. The molecule has 0 saturated carbocycles. The Kier molecular flexibility index (Phi) is 5.17. The lowest BCUT2D eigenvalue weighted by atomic mass is 10.0. The third kappa shape index (κ3) is 3.72. The van der Waals surface area contributed by atoms with Gasteiger partial charge >= 0.3 is 0 Å². The van der Waals surface area contributed by atoms with Crippen LogP contribution in [0.15, 0.2) is 34.8 Å². The van der Waals surface area contributed by atoms with Crippen LogP contribution in [0.25, 0.3) is 0 Å². The van der Waals surface area contributed by atoms with Gasteiger partial charge in [0.2, 0.25) is 0 Å². The van der Waals surface area contributed by atoms with E-state index in [-0.39, 0.29) is 6.04 Å². The second-order valence-electron chi connectivity index (χ2n) is 5.18. The van der Waals surface area contributed by atoms with Crippen LogP contribution < -0.4 is 10.1 Å². The molecule has 0 spiro atoms. The molecule has 4 heteroatoms. The van der Waals surface area contributed by atoms with Gasteiger partial charge in [-0.15, -0.1) is 0 Å². The van der Waals surface area contributed by atoms with E-state index in [9.17, 15) is 0 Å². The molecule has 1 unspecified atom stereocenters. The SMILES string of the molecule is COc1c(Br)cc(Cl)cc1NC(C)c1ccc(C)c(C)c1. The Hall–Kier alpha value is -1.19. The number of hydrogen-bond acceptors (Lipinski definition) is 2. The highest BCUT2D eigenvalue weighted by atomic mass is 79.9. The van der Waals surface area contributed by atoms with Crippen molar-refractivity contribution in [2.45, 2.75) is 26.8 Å². The lowest BCUT2D eigenvalue weighted by Gasteiger charge is -2.20. The molecule has 0 aromatic heterocycles. The summed E-state index contributed by atoms with van der Waals surface area (Å²) in [6.07, 6.45) is 0. The minimum absolute atomic E-state index is 0.156. The van der Waals surface area contributed by atoms with Crippen molar-refractivity contribution in [3.05, 3.63) is 56.5 Å². The molecule has 0 radical (unpaired) electrons. The molecule has 2 nitrogen and oxygen atoms in total. The number of aryl methyl sites for hydroxylation is 2. The van der Waals surface area contributed by atoms with Gasteiger partial charge in [0.1, 0.15) is 0 Å². The summed E-state index contributed by atoms with van der Waals surface area (Å²) in [6, 6.07) is 10.4. The molecule has 1 atom stereocenters. The first-order chi connectivity index (χ1) is 9.92. The Morgan fingerprint density at radius 2 is 1.86 bits per heavy atom. The summed E-state index contributed by atoms with van der Waals surface area (Å²) in [5, 5.41) is 4.13. The minimum atomic E-state index is 0.156. The highest BCUT2D eigenvalue weighted by Gasteiger charge is 2.13. The van der Waals surface area contributed by atoms with E-state index in [4.69, 9.17) is 16.3 Å². The van der Waals surface area contributed by atoms with Crippen LogP contribution in [0.2, 0.25) is 5.02 Å². The topological polar surface area (TPSA) is 21.3 Å². The van der Waals surface area contributed by atoms with Crippen LogP contribution in [0.4, 0.5) is 5.69 Å². The molecular formula is C17H19BrClNO. The van der Waals surface area contributed by atoms with E-state index in [1.165, 1.54) is 16.7 Å². The van der Waals surface area contributed by atoms with Crippen molar-refractivity contribution in [3.8, 4) is 5.75 Å². The maximum absolute atomic E-state index is 6.13. The van der Waals surface area contributed by atoms with Gasteiger partial charge in [0.05, 0.1) is 17.3 Å². The third-order valence-corrected chi connectivity index (χ3v) is 4.42. The summed E-state index contributed by atoms with van der Waals surface area (Å²) in [5.41, 5.74) is 4.70. The second kappa shape index (κ2) is 6.71. The smallest absolute Gasteiger partial charge is 0.156 e. The van der Waals surface area contributed by atoms with Crippen molar-refractivity contribution < 1.29 is 4.74 Å². The average molecular weight is 369 g/mol. The van der Waals surface area contributed by atoms with Gasteiger partial charge < -0.3 is 10.1 Å². The number of methoxy groups -OCH3 is 1. The number of benzene rings is 2. The molecular weight excluding hydrogens is 350 g/mol. The average Bonchev–Trinajstić information content (AvgIpc) is 2.41. The van der Waals surface area contributed by atoms with Crippen molar-refractivity contribution in [1.29, 1.82) is 0 Å². The number of nitrogens with one attached hydrogen (secondary N) is 1. The van der Waals surface area contributed by atoms with Gasteiger partial charge in [0.25, 0.3) is 0 Å².